The molecule has 0 aromatic heterocycles. The highest BCUT2D eigenvalue weighted by Crippen LogP contribution is 2.38. The van der Waals surface area contributed by atoms with Crippen LogP contribution >= 0.6 is 22.6 Å². The number of nitrogens with zero attached hydrogens (tertiary/aromatic N) is 1. The number of ether oxygens (including phenoxy) is 2. The molecule has 2 aliphatic rings. The number of amides is 2. The molecule has 216 valence electrons. The van der Waals surface area contributed by atoms with Gasteiger partial charge in [0.1, 0.15) is 12.2 Å². The lowest BCUT2D eigenvalue weighted by molar-refractivity contribution is -0.141. The van der Waals surface area contributed by atoms with Gasteiger partial charge in [-0.1, -0.05) is 43.2 Å². The van der Waals surface area contributed by atoms with Crippen molar-refractivity contribution in [2.45, 2.75) is 69.4 Å². The van der Waals surface area contributed by atoms with Crippen LogP contribution in [0.2, 0.25) is 0 Å². The highest BCUT2D eigenvalue weighted by molar-refractivity contribution is 14.1. The summed E-state index contributed by atoms with van der Waals surface area (Å²) in [5.74, 6) is 0.285. The average molecular weight is 665 g/mol. The lowest BCUT2D eigenvalue weighted by Crippen LogP contribution is -2.58. The number of aliphatic hydroxyl groups is 3. The van der Waals surface area contributed by atoms with Gasteiger partial charge in [0.15, 0.2) is 11.5 Å². The summed E-state index contributed by atoms with van der Waals surface area (Å²) in [6.45, 7) is -0.292. The first-order chi connectivity index (χ1) is 19.4. The van der Waals surface area contributed by atoms with Gasteiger partial charge in [0, 0.05) is 24.6 Å². The molecule has 0 aliphatic heterocycles. The molecule has 0 heterocycles. The third-order valence-electron chi connectivity index (χ3n) is 7.50. The molecule has 0 unspecified atom stereocenters. The van der Waals surface area contributed by atoms with Crippen molar-refractivity contribution in [1.82, 2.24) is 10.2 Å². The Balaban J connectivity index is 1.70. The molecular formula is C30H37IN2O7. The quantitative estimate of drug-likeness (QED) is 0.272. The van der Waals surface area contributed by atoms with Crippen LogP contribution < -0.4 is 14.8 Å². The van der Waals surface area contributed by atoms with Crippen LogP contribution in [-0.4, -0.2) is 76.6 Å². The first-order valence-corrected chi connectivity index (χ1v) is 14.7. The fraction of sp³-hybridized carbons (Fsp3) is 0.467. The van der Waals surface area contributed by atoms with Gasteiger partial charge in [-0.15, -0.1) is 0 Å². The van der Waals surface area contributed by atoms with Gasteiger partial charge in [-0.2, -0.15) is 0 Å². The number of hydrogen-bond acceptors (Lipinski definition) is 7. The molecule has 0 bridgehead atoms. The van der Waals surface area contributed by atoms with Gasteiger partial charge in [0.25, 0.3) is 0 Å². The number of rotatable bonds is 11. The molecule has 1 saturated carbocycles. The van der Waals surface area contributed by atoms with E-state index in [2.05, 4.69) is 27.9 Å². The van der Waals surface area contributed by atoms with Gasteiger partial charge in [-0.05, 0) is 64.8 Å². The van der Waals surface area contributed by atoms with Crippen LogP contribution in [0.15, 0.2) is 54.1 Å². The number of benzene rings is 2. The van der Waals surface area contributed by atoms with E-state index in [-0.39, 0.29) is 50.5 Å². The Kier molecular flexibility index (Phi) is 10.8. The van der Waals surface area contributed by atoms with Gasteiger partial charge in [-0.3, -0.25) is 9.59 Å². The number of carbonyl (C=O) groups is 2. The van der Waals surface area contributed by atoms with Crippen molar-refractivity contribution in [3.8, 4) is 11.5 Å². The summed E-state index contributed by atoms with van der Waals surface area (Å²) in [5.41, 5.74) is 1.91. The number of carbonyl (C=O) groups excluding carboxylic acids is 2. The summed E-state index contributed by atoms with van der Waals surface area (Å²) >= 11 is 2.08. The summed E-state index contributed by atoms with van der Waals surface area (Å²) in [6, 6.07) is 12.2. The predicted molar refractivity (Wildman–Crippen MR) is 158 cm³/mol. The van der Waals surface area contributed by atoms with Crippen LogP contribution in [0, 0.1) is 3.57 Å². The molecule has 4 rings (SSSR count). The third kappa shape index (κ3) is 7.15. The smallest absolute Gasteiger partial charge is 0.247 e. The maximum Gasteiger partial charge on any atom is 0.247 e. The first-order valence-electron chi connectivity index (χ1n) is 13.6. The minimum absolute atomic E-state index is 0.0464. The molecular weight excluding hydrogens is 627 g/mol. The first kappa shape index (κ1) is 30.3. The maximum absolute atomic E-state index is 13.9. The summed E-state index contributed by atoms with van der Waals surface area (Å²) in [6.07, 6.45) is 3.53. The van der Waals surface area contributed by atoms with E-state index < -0.39 is 18.2 Å². The molecule has 4 N–H and O–H groups in total. The van der Waals surface area contributed by atoms with Crippen LogP contribution in [0.3, 0.4) is 0 Å². The van der Waals surface area contributed by atoms with Crippen LogP contribution in [0.25, 0.3) is 0 Å². The molecule has 2 aromatic carbocycles. The van der Waals surface area contributed by atoms with Crippen molar-refractivity contribution in [1.29, 1.82) is 0 Å². The topological polar surface area (TPSA) is 129 Å². The predicted octanol–water partition coefficient (Wildman–Crippen LogP) is 2.72. The number of hydrogen-bond donors (Lipinski definition) is 4. The minimum atomic E-state index is -1.12. The molecule has 0 saturated heterocycles. The zero-order valence-corrected chi connectivity index (χ0v) is 24.7. The Morgan fingerprint density at radius 3 is 2.48 bits per heavy atom. The van der Waals surface area contributed by atoms with Crippen molar-refractivity contribution in [3.63, 3.8) is 0 Å². The molecule has 0 spiro atoms. The van der Waals surface area contributed by atoms with E-state index in [1.54, 1.807) is 23.1 Å². The van der Waals surface area contributed by atoms with Crippen LogP contribution in [0.4, 0.5) is 0 Å². The van der Waals surface area contributed by atoms with E-state index in [1.807, 2.05) is 30.3 Å². The number of halogens is 1. The Labute approximate surface area is 248 Å². The molecule has 2 amide bonds. The van der Waals surface area contributed by atoms with Gasteiger partial charge >= 0.3 is 0 Å². The number of nitrogens with one attached hydrogen (secondary N) is 1. The molecule has 9 nitrogen and oxygen atoms in total. The van der Waals surface area contributed by atoms with Crippen LogP contribution in [0.5, 0.6) is 11.5 Å². The van der Waals surface area contributed by atoms with Gasteiger partial charge < -0.3 is 35.0 Å². The summed E-state index contributed by atoms with van der Waals surface area (Å²) in [7, 11) is 1.49. The Morgan fingerprint density at radius 1 is 1.10 bits per heavy atom. The highest BCUT2D eigenvalue weighted by Gasteiger charge is 2.43. The van der Waals surface area contributed by atoms with Crippen LogP contribution in [-0.2, 0) is 22.6 Å². The molecule has 2 aromatic rings. The van der Waals surface area contributed by atoms with E-state index in [0.29, 0.717) is 26.2 Å². The van der Waals surface area contributed by atoms with Gasteiger partial charge in [0.2, 0.25) is 11.8 Å². The van der Waals surface area contributed by atoms with Crippen molar-refractivity contribution in [2.75, 3.05) is 20.3 Å². The second-order valence-electron chi connectivity index (χ2n) is 10.2. The molecule has 1 fully saturated rings. The summed E-state index contributed by atoms with van der Waals surface area (Å²) in [5, 5.41) is 33.3. The fourth-order valence-corrected chi connectivity index (χ4v) is 6.36. The maximum atomic E-state index is 13.9. The zero-order chi connectivity index (χ0) is 28.6. The number of methoxy groups -OCH3 is 1. The van der Waals surface area contributed by atoms with Crippen LogP contribution in [0.1, 0.15) is 43.2 Å². The van der Waals surface area contributed by atoms with Gasteiger partial charge in [0.05, 0.1) is 36.4 Å². The monoisotopic (exact) mass is 664 g/mol. The lowest BCUT2D eigenvalue weighted by atomic mass is 9.86. The Hall–Kier alpha value is -2.67. The molecule has 3 atom stereocenters. The summed E-state index contributed by atoms with van der Waals surface area (Å²) in [4.78, 5) is 28.8. The van der Waals surface area contributed by atoms with Crippen molar-refractivity contribution in [2.24, 2.45) is 0 Å². The molecule has 0 radical (unpaired) electrons. The molecule has 10 heteroatoms. The third-order valence-corrected chi connectivity index (χ3v) is 8.30. The SMILES string of the molecule is COc1cc(CO)cc(I)c1O[C@H]1C=C(C(=O)NCCO)C[C@@H](N(C(=O)Cc2ccccc2)C2CCCC2)[C@@H]1O. The van der Waals surface area contributed by atoms with Crippen molar-refractivity contribution >= 4 is 34.4 Å². The molecule has 40 heavy (non-hydrogen) atoms. The summed E-state index contributed by atoms with van der Waals surface area (Å²) < 4.78 is 12.5. The van der Waals surface area contributed by atoms with Crippen molar-refractivity contribution in [3.05, 3.63) is 68.8 Å². The molecule has 2 aliphatic carbocycles. The van der Waals surface area contributed by atoms with E-state index in [9.17, 15) is 24.9 Å². The van der Waals surface area contributed by atoms with E-state index in [4.69, 9.17) is 9.47 Å². The normalized spacial score (nSPS) is 21.0. The second-order valence-corrected chi connectivity index (χ2v) is 11.3. The van der Waals surface area contributed by atoms with E-state index >= 15 is 0 Å². The van der Waals surface area contributed by atoms with E-state index in [1.165, 1.54) is 7.11 Å². The Bertz CT molecular complexity index is 1200. The van der Waals surface area contributed by atoms with Gasteiger partial charge in [-0.25, -0.2) is 0 Å². The standard InChI is InChI=1S/C30H37IN2O7/c1-39-26-14-20(18-35)13-23(31)29(26)40-25-17-21(30(38)32-11-12-34)16-24(28(25)37)33(22-9-5-6-10-22)27(36)15-19-7-3-2-4-8-19/h2-4,7-8,13-14,17,22,24-25,28,34-35,37H,5-6,9-12,15-16,18H2,1H3,(H,32,38)/t24-,25+,28+/m1/s1. The Morgan fingerprint density at radius 2 is 1.82 bits per heavy atom. The highest BCUT2D eigenvalue weighted by atomic mass is 127. The zero-order valence-electron chi connectivity index (χ0n) is 22.6. The minimum Gasteiger partial charge on any atom is -0.493 e. The lowest BCUT2D eigenvalue weighted by Gasteiger charge is -2.43. The largest absolute Gasteiger partial charge is 0.493 e. The average Bonchev–Trinajstić information content (AvgIpc) is 3.49. The second kappa shape index (κ2) is 14.3. The van der Waals surface area contributed by atoms with E-state index in [0.717, 1.165) is 31.2 Å². The fourth-order valence-electron chi connectivity index (χ4n) is 5.57. The number of aliphatic hydroxyl groups excluding tert-OH is 3. The van der Waals surface area contributed by atoms with Crippen molar-refractivity contribution < 1.29 is 34.4 Å².